The van der Waals surface area contributed by atoms with Crippen LogP contribution in [-0.4, -0.2) is 14.0 Å². The van der Waals surface area contributed by atoms with Crippen molar-refractivity contribution < 1.29 is 4.11 Å². The summed E-state index contributed by atoms with van der Waals surface area (Å²) in [6.07, 6.45) is 0. The minimum atomic E-state index is -2.35. The van der Waals surface area contributed by atoms with Gasteiger partial charge in [0, 0.05) is 26.4 Å². The summed E-state index contributed by atoms with van der Waals surface area (Å²) in [6, 6.07) is 67.1. The number of fused-ring (bicyclic) bond motifs is 5. The summed E-state index contributed by atoms with van der Waals surface area (Å²) in [5.41, 5.74) is 15.0. The van der Waals surface area contributed by atoms with Gasteiger partial charge in [0.25, 0.3) is 0 Å². The SMILES string of the molecule is [2H]C([2H])([2H])c1cccc2c1nc1n(-c3c(-c4ccccc4)c(-c4ccccc4)c(-c4ccccc4)c(-c4ccccc4)c3-c3ccccc3)c3ccccc3n21. The van der Waals surface area contributed by atoms with Gasteiger partial charge in [0.15, 0.2) is 0 Å². The molecule has 2 aromatic heterocycles. The first-order valence-electron chi connectivity index (χ1n) is 19.4. The van der Waals surface area contributed by atoms with E-state index in [0.29, 0.717) is 11.3 Å². The molecular weight excluding hydrogens is 643 g/mol. The maximum atomic E-state index is 8.48. The molecular formula is C50H35N3. The number of hydrogen-bond donors (Lipinski definition) is 0. The molecule has 250 valence electrons. The van der Waals surface area contributed by atoms with Gasteiger partial charge in [-0.2, -0.15) is 0 Å². The second-order valence-electron chi connectivity index (χ2n) is 13.3. The summed E-state index contributed by atoms with van der Waals surface area (Å²) in [5.74, 6) is 0.637. The normalized spacial score (nSPS) is 12.6. The highest BCUT2D eigenvalue weighted by molar-refractivity contribution is 6.13. The molecule has 0 aliphatic rings. The Kier molecular flexibility index (Phi) is 6.62. The van der Waals surface area contributed by atoms with Crippen molar-refractivity contribution in [2.24, 2.45) is 0 Å². The lowest BCUT2D eigenvalue weighted by Crippen LogP contribution is -2.07. The Labute approximate surface area is 312 Å². The predicted molar refractivity (Wildman–Crippen MR) is 221 cm³/mol. The number of imidazole rings is 2. The van der Waals surface area contributed by atoms with Crippen LogP contribution in [0.3, 0.4) is 0 Å². The lowest BCUT2D eigenvalue weighted by molar-refractivity contribution is 1.11. The van der Waals surface area contributed by atoms with Gasteiger partial charge in [0.1, 0.15) is 0 Å². The van der Waals surface area contributed by atoms with E-state index in [1.807, 2.05) is 18.2 Å². The summed E-state index contributed by atoms with van der Waals surface area (Å²) in [6.45, 7) is -2.35. The number of para-hydroxylation sites is 3. The maximum Gasteiger partial charge on any atom is 0.220 e. The number of hydrogen-bond acceptors (Lipinski definition) is 1. The fraction of sp³-hybridized carbons (Fsp3) is 0.0200. The number of nitrogens with zero attached hydrogens (tertiary/aromatic N) is 3. The van der Waals surface area contributed by atoms with Crippen LogP contribution in [0.2, 0.25) is 0 Å². The number of aromatic nitrogens is 3. The van der Waals surface area contributed by atoms with Crippen molar-refractivity contribution in [1.82, 2.24) is 14.0 Å². The third-order valence-corrected chi connectivity index (χ3v) is 10.2. The van der Waals surface area contributed by atoms with Crippen LogP contribution < -0.4 is 0 Å². The maximum absolute atomic E-state index is 8.48. The van der Waals surface area contributed by atoms with Crippen molar-refractivity contribution >= 4 is 27.8 Å². The zero-order valence-electron chi connectivity index (χ0n) is 31.8. The van der Waals surface area contributed by atoms with Crippen LogP contribution in [0.15, 0.2) is 194 Å². The molecule has 0 aliphatic heterocycles. The van der Waals surface area contributed by atoms with E-state index < -0.39 is 6.85 Å². The van der Waals surface area contributed by atoms with E-state index in [4.69, 9.17) is 9.10 Å². The molecule has 3 heteroatoms. The lowest BCUT2D eigenvalue weighted by Gasteiger charge is -2.29. The Balaban J connectivity index is 1.54. The van der Waals surface area contributed by atoms with Crippen LogP contribution in [0, 0.1) is 6.85 Å². The van der Waals surface area contributed by atoms with Gasteiger partial charge in [0.05, 0.1) is 27.8 Å². The van der Waals surface area contributed by atoms with E-state index in [-0.39, 0.29) is 5.56 Å². The van der Waals surface area contributed by atoms with Gasteiger partial charge in [-0.1, -0.05) is 176 Å². The zero-order chi connectivity index (χ0) is 37.8. The standard InChI is InChI=1S/C50H35N3/c1-34-20-19-33-42-48(34)51-50-52(42)40-31-17-18-32-41(40)53(50)49-46(38-27-13-5-14-28-38)44(36-23-9-3-10-24-36)43(35-21-7-2-8-22-35)45(37-25-11-4-12-26-37)47(49)39-29-15-6-16-30-39/h2-33H,1H3/i1D3. The Morgan fingerprint density at radius 1 is 0.377 bits per heavy atom. The van der Waals surface area contributed by atoms with Crippen LogP contribution in [0.1, 0.15) is 9.68 Å². The molecule has 0 unspecified atom stereocenters. The third-order valence-electron chi connectivity index (χ3n) is 10.2. The fourth-order valence-corrected chi connectivity index (χ4v) is 8.06. The topological polar surface area (TPSA) is 22.2 Å². The van der Waals surface area contributed by atoms with E-state index in [1.165, 1.54) is 0 Å². The summed E-state index contributed by atoms with van der Waals surface area (Å²) in [7, 11) is 0. The van der Waals surface area contributed by atoms with Gasteiger partial charge in [0.2, 0.25) is 5.78 Å². The lowest BCUT2D eigenvalue weighted by atomic mass is 9.77. The van der Waals surface area contributed by atoms with Gasteiger partial charge in [-0.25, -0.2) is 4.98 Å². The largest absolute Gasteiger partial charge is 0.277 e. The molecule has 8 aromatic carbocycles. The third kappa shape index (κ3) is 4.93. The Bertz CT molecular complexity index is 2920. The highest BCUT2D eigenvalue weighted by Gasteiger charge is 2.31. The van der Waals surface area contributed by atoms with Crippen molar-refractivity contribution in [2.45, 2.75) is 6.85 Å². The van der Waals surface area contributed by atoms with Gasteiger partial charge in [-0.15, -0.1) is 0 Å². The van der Waals surface area contributed by atoms with Gasteiger partial charge < -0.3 is 0 Å². The second-order valence-corrected chi connectivity index (χ2v) is 13.3. The highest BCUT2D eigenvalue weighted by Crippen LogP contribution is 2.55. The molecule has 10 rings (SSSR count). The summed E-state index contributed by atoms with van der Waals surface area (Å²) < 4.78 is 29.9. The van der Waals surface area contributed by atoms with Crippen LogP contribution >= 0.6 is 0 Å². The molecule has 0 bridgehead atoms. The van der Waals surface area contributed by atoms with Crippen LogP contribution in [0.25, 0.3) is 89.2 Å². The molecule has 0 spiro atoms. The Morgan fingerprint density at radius 2 is 0.755 bits per heavy atom. The minimum Gasteiger partial charge on any atom is -0.277 e. The molecule has 0 aliphatic carbocycles. The molecule has 0 amide bonds. The summed E-state index contributed by atoms with van der Waals surface area (Å²) in [5, 5.41) is 0. The first-order chi connectivity index (χ1) is 27.5. The van der Waals surface area contributed by atoms with Gasteiger partial charge in [-0.3, -0.25) is 8.97 Å². The van der Waals surface area contributed by atoms with E-state index in [1.54, 1.807) is 6.07 Å². The van der Waals surface area contributed by atoms with E-state index in [2.05, 4.69) is 179 Å². The van der Waals surface area contributed by atoms with Crippen LogP contribution in [0.5, 0.6) is 0 Å². The van der Waals surface area contributed by atoms with Crippen LogP contribution in [-0.2, 0) is 0 Å². The first-order valence-corrected chi connectivity index (χ1v) is 17.9. The zero-order valence-corrected chi connectivity index (χ0v) is 28.8. The van der Waals surface area contributed by atoms with E-state index in [0.717, 1.165) is 77.9 Å². The summed E-state index contributed by atoms with van der Waals surface area (Å²) in [4.78, 5) is 5.32. The summed E-state index contributed by atoms with van der Waals surface area (Å²) >= 11 is 0. The average Bonchev–Trinajstić information content (AvgIpc) is 3.78. The van der Waals surface area contributed by atoms with E-state index >= 15 is 0 Å². The number of rotatable bonds is 6. The molecule has 0 atom stereocenters. The molecule has 53 heavy (non-hydrogen) atoms. The van der Waals surface area contributed by atoms with Gasteiger partial charge >= 0.3 is 0 Å². The molecule has 0 N–H and O–H groups in total. The van der Waals surface area contributed by atoms with Crippen molar-refractivity contribution in [1.29, 1.82) is 0 Å². The smallest absolute Gasteiger partial charge is 0.220 e. The molecule has 0 saturated heterocycles. The van der Waals surface area contributed by atoms with Gasteiger partial charge in [-0.05, 0) is 64.0 Å². The van der Waals surface area contributed by atoms with Crippen molar-refractivity contribution in [3.63, 3.8) is 0 Å². The van der Waals surface area contributed by atoms with Crippen molar-refractivity contribution in [2.75, 3.05) is 0 Å². The quantitative estimate of drug-likeness (QED) is 0.171. The highest BCUT2D eigenvalue weighted by atomic mass is 15.2. The molecule has 3 nitrogen and oxygen atoms in total. The molecule has 0 fully saturated rings. The Hall–Kier alpha value is -6.97. The minimum absolute atomic E-state index is 0.232. The Morgan fingerprint density at radius 3 is 1.21 bits per heavy atom. The number of aryl methyl sites for hydroxylation is 1. The molecule has 10 aromatic rings. The first kappa shape index (κ1) is 27.7. The molecule has 2 heterocycles. The average molecular weight is 681 g/mol. The van der Waals surface area contributed by atoms with Crippen LogP contribution in [0.4, 0.5) is 0 Å². The number of benzene rings is 8. The van der Waals surface area contributed by atoms with Crippen molar-refractivity contribution in [3.05, 3.63) is 200 Å². The fourth-order valence-electron chi connectivity index (χ4n) is 8.06. The second kappa shape index (κ2) is 12.7. The molecule has 0 radical (unpaired) electrons. The predicted octanol–water partition coefficient (Wildman–Crippen LogP) is 13.1. The van der Waals surface area contributed by atoms with Crippen molar-refractivity contribution in [3.8, 4) is 61.3 Å². The monoisotopic (exact) mass is 680 g/mol. The van der Waals surface area contributed by atoms with E-state index in [9.17, 15) is 0 Å². The molecule has 0 saturated carbocycles.